The Kier molecular flexibility index (Phi) is 3.96. The number of sulfonamides is 1. The summed E-state index contributed by atoms with van der Waals surface area (Å²) in [5.41, 5.74) is 1.77. The molecule has 6 heteroatoms. The molecule has 1 rings (SSSR count). The fraction of sp³-hybridized carbons (Fsp3) is 0.333. The first-order valence-corrected chi connectivity index (χ1v) is 6.48. The summed E-state index contributed by atoms with van der Waals surface area (Å²) in [5.74, 6) is -0.0987. The van der Waals surface area contributed by atoms with E-state index in [9.17, 15) is 8.42 Å². The Morgan fingerprint density at radius 1 is 1.47 bits per heavy atom. The minimum absolute atomic E-state index is 0.0987. The van der Waals surface area contributed by atoms with Crippen LogP contribution in [0.15, 0.2) is 18.2 Å². The molecule has 0 aliphatic carbocycles. The summed E-state index contributed by atoms with van der Waals surface area (Å²) in [4.78, 5) is 0. The highest BCUT2D eigenvalue weighted by Gasteiger charge is 2.02. The molecule has 0 aliphatic heterocycles. The van der Waals surface area contributed by atoms with E-state index in [0.29, 0.717) is 5.02 Å². The fourth-order valence-electron chi connectivity index (χ4n) is 1.04. The summed E-state index contributed by atoms with van der Waals surface area (Å²) >= 11 is 5.90. The Balaban J connectivity index is 2.55. The van der Waals surface area contributed by atoms with Gasteiger partial charge in [0.2, 0.25) is 10.0 Å². The van der Waals surface area contributed by atoms with E-state index in [4.69, 9.17) is 16.7 Å². The molecule has 1 aromatic rings. The quantitative estimate of drug-likeness (QED) is 0.845. The van der Waals surface area contributed by atoms with Crippen molar-refractivity contribution < 1.29 is 8.42 Å². The van der Waals surface area contributed by atoms with Crippen molar-refractivity contribution in [2.24, 2.45) is 5.14 Å². The third-order valence-electron chi connectivity index (χ3n) is 1.89. The van der Waals surface area contributed by atoms with Crippen LogP contribution in [0.4, 0.5) is 5.69 Å². The van der Waals surface area contributed by atoms with E-state index in [1.54, 1.807) is 6.07 Å². The van der Waals surface area contributed by atoms with Crippen LogP contribution in [0.5, 0.6) is 0 Å². The molecule has 0 fully saturated rings. The van der Waals surface area contributed by atoms with Crippen molar-refractivity contribution in [1.29, 1.82) is 0 Å². The largest absolute Gasteiger partial charge is 0.384 e. The molecule has 0 bridgehead atoms. The molecule has 0 atom stereocenters. The van der Waals surface area contributed by atoms with Crippen LogP contribution >= 0.6 is 11.6 Å². The molecule has 0 saturated carbocycles. The third kappa shape index (κ3) is 4.51. The highest BCUT2D eigenvalue weighted by atomic mass is 35.5. The van der Waals surface area contributed by atoms with Gasteiger partial charge in [-0.2, -0.15) is 0 Å². The zero-order valence-electron chi connectivity index (χ0n) is 8.33. The smallest absolute Gasteiger partial charge is 0.210 e. The standard InChI is InChI=1S/C9H13ClN2O2S/c1-7-2-3-8(6-9(7)10)12-4-5-15(11,13)14/h2-3,6,12H,4-5H2,1H3,(H2,11,13,14). The molecule has 0 aliphatic rings. The molecule has 0 aromatic heterocycles. The number of halogens is 1. The van der Waals surface area contributed by atoms with Crippen molar-refractivity contribution >= 4 is 27.3 Å². The van der Waals surface area contributed by atoms with E-state index in [-0.39, 0.29) is 12.3 Å². The number of nitrogens with one attached hydrogen (secondary N) is 1. The van der Waals surface area contributed by atoms with E-state index in [0.717, 1.165) is 11.3 Å². The normalized spacial score (nSPS) is 11.4. The fourth-order valence-corrected chi connectivity index (χ4v) is 1.61. The minimum atomic E-state index is -3.41. The van der Waals surface area contributed by atoms with Crippen LogP contribution in [0.3, 0.4) is 0 Å². The van der Waals surface area contributed by atoms with Gasteiger partial charge < -0.3 is 5.32 Å². The van der Waals surface area contributed by atoms with Crippen molar-refractivity contribution in [2.45, 2.75) is 6.92 Å². The van der Waals surface area contributed by atoms with Gasteiger partial charge in [0.1, 0.15) is 0 Å². The number of hydrogen-bond acceptors (Lipinski definition) is 3. The summed E-state index contributed by atoms with van der Waals surface area (Å²) in [5, 5.41) is 8.43. The summed E-state index contributed by atoms with van der Waals surface area (Å²) in [6, 6.07) is 5.45. The lowest BCUT2D eigenvalue weighted by Gasteiger charge is -2.06. The lowest BCUT2D eigenvalue weighted by molar-refractivity contribution is 0.598. The third-order valence-corrected chi connectivity index (χ3v) is 3.07. The summed E-state index contributed by atoms with van der Waals surface area (Å²) in [6.07, 6.45) is 0. The molecule has 15 heavy (non-hydrogen) atoms. The highest BCUT2D eigenvalue weighted by molar-refractivity contribution is 7.89. The van der Waals surface area contributed by atoms with Gasteiger partial charge in [-0.15, -0.1) is 0 Å². The molecule has 84 valence electrons. The topological polar surface area (TPSA) is 72.2 Å². The zero-order valence-corrected chi connectivity index (χ0v) is 9.90. The van der Waals surface area contributed by atoms with Crippen LogP contribution in [-0.4, -0.2) is 20.7 Å². The van der Waals surface area contributed by atoms with Gasteiger partial charge in [0.05, 0.1) is 5.75 Å². The summed E-state index contributed by atoms with van der Waals surface area (Å²) in [6.45, 7) is 2.18. The SMILES string of the molecule is Cc1ccc(NCCS(N)(=O)=O)cc1Cl. The second kappa shape index (κ2) is 4.83. The van der Waals surface area contributed by atoms with Crippen LogP contribution in [0.25, 0.3) is 0 Å². The van der Waals surface area contributed by atoms with E-state index in [2.05, 4.69) is 5.32 Å². The van der Waals surface area contributed by atoms with E-state index in [1.165, 1.54) is 0 Å². The van der Waals surface area contributed by atoms with Crippen LogP contribution in [0, 0.1) is 6.92 Å². The van der Waals surface area contributed by atoms with Crippen molar-refractivity contribution in [1.82, 2.24) is 0 Å². The highest BCUT2D eigenvalue weighted by Crippen LogP contribution is 2.19. The van der Waals surface area contributed by atoms with Gasteiger partial charge in [-0.3, -0.25) is 0 Å². The molecular weight excluding hydrogens is 236 g/mol. The monoisotopic (exact) mass is 248 g/mol. The Labute approximate surface area is 94.5 Å². The first-order valence-electron chi connectivity index (χ1n) is 4.39. The zero-order chi connectivity index (χ0) is 11.5. The maximum Gasteiger partial charge on any atom is 0.210 e. The molecule has 0 saturated heterocycles. The van der Waals surface area contributed by atoms with Crippen LogP contribution in [0.1, 0.15) is 5.56 Å². The van der Waals surface area contributed by atoms with Gasteiger partial charge in [0.15, 0.2) is 0 Å². The Morgan fingerprint density at radius 2 is 2.13 bits per heavy atom. The predicted octanol–water partition coefficient (Wildman–Crippen LogP) is 1.35. The molecule has 0 heterocycles. The molecule has 0 unspecified atom stereocenters. The summed E-state index contributed by atoms with van der Waals surface area (Å²) in [7, 11) is -3.41. The maximum atomic E-state index is 10.7. The van der Waals surface area contributed by atoms with Crippen LogP contribution < -0.4 is 10.5 Å². The van der Waals surface area contributed by atoms with Crippen LogP contribution in [0.2, 0.25) is 5.02 Å². The van der Waals surface area contributed by atoms with Crippen molar-refractivity contribution in [3.8, 4) is 0 Å². The number of benzene rings is 1. The van der Waals surface area contributed by atoms with E-state index >= 15 is 0 Å². The minimum Gasteiger partial charge on any atom is -0.384 e. The molecular formula is C9H13ClN2O2S. The summed E-state index contributed by atoms with van der Waals surface area (Å²) < 4.78 is 21.3. The molecule has 3 N–H and O–H groups in total. The number of nitrogens with two attached hydrogens (primary N) is 1. The molecule has 0 spiro atoms. The second-order valence-electron chi connectivity index (χ2n) is 3.26. The number of primary sulfonamides is 1. The molecule has 1 aromatic carbocycles. The van der Waals surface area contributed by atoms with Gasteiger partial charge in [-0.1, -0.05) is 17.7 Å². The van der Waals surface area contributed by atoms with Gasteiger partial charge in [-0.05, 0) is 24.6 Å². The Hall–Kier alpha value is -0.780. The average Bonchev–Trinajstić information content (AvgIpc) is 2.09. The van der Waals surface area contributed by atoms with Gasteiger partial charge in [-0.25, -0.2) is 13.6 Å². The first kappa shape index (κ1) is 12.3. The molecule has 0 radical (unpaired) electrons. The molecule has 4 nitrogen and oxygen atoms in total. The van der Waals surface area contributed by atoms with Crippen molar-refractivity contribution in [2.75, 3.05) is 17.6 Å². The number of aryl methyl sites for hydroxylation is 1. The predicted molar refractivity (Wildman–Crippen MR) is 62.7 cm³/mol. The van der Waals surface area contributed by atoms with Gasteiger partial charge in [0.25, 0.3) is 0 Å². The second-order valence-corrected chi connectivity index (χ2v) is 5.40. The Morgan fingerprint density at radius 3 is 2.67 bits per heavy atom. The number of hydrogen-bond donors (Lipinski definition) is 2. The Bertz CT molecular complexity index is 445. The first-order chi connectivity index (χ1) is 6.88. The van der Waals surface area contributed by atoms with E-state index < -0.39 is 10.0 Å². The van der Waals surface area contributed by atoms with E-state index in [1.807, 2.05) is 19.1 Å². The lowest BCUT2D eigenvalue weighted by atomic mass is 10.2. The van der Waals surface area contributed by atoms with Gasteiger partial charge >= 0.3 is 0 Å². The number of rotatable bonds is 4. The lowest BCUT2D eigenvalue weighted by Crippen LogP contribution is -2.22. The van der Waals surface area contributed by atoms with Gasteiger partial charge in [0, 0.05) is 17.3 Å². The molecule has 0 amide bonds. The maximum absolute atomic E-state index is 10.7. The number of anilines is 1. The van der Waals surface area contributed by atoms with Crippen molar-refractivity contribution in [3.63, 3.8) is 0 Å². The average molecular weight is 249 g/mol. The van der Waals surface area contributed by atoms with Crippen LogP contribution in [-0.2, 0) is 10.0 Å². The van der Waals surface area contributed by atoms with Crippen molar-refractivity contribution in [3.05, 3.63) is 28.8 Å².